The van der Waals surface area contributed by atoms with E-state index in [0.717, 1.165) is 11.4 Å². The highest BCUT2D eigenvalue weighted by Gasteiger charge is 2.14. The number of pyridine rings is 1. The Morgan fingerprint density at radius 3 is 2.82 bits per heavy atom. The van der Waals surface area contributed by atoms with Gasteiger partial charge in [-0.2, -0.15) is 5.10 Å². The van der Waals surface area contributed by atoms with Crippen molar-refractivity contribution in [1.82, 2.24) is 15.2 Å². The normalized spacial score (nSPS) is 10.2. The number of nitrogen functional groups attached to an aromatic ring is 1. The lowest BCUT2D eigenvalue weighted by atomic mass is 10.2. The molecule has 17 heavy (non-hydrogen) atoms. The van der Waals surface area contributed by atoms with Crippen molar-refractivity contribution in [3.05, 3.63) is 35.3 Å². The second-order valence-electron chi connectivity index (χ2n) is 3.70. The van der Waals surface area contributed by atoms with Gasteiger partial charge in [-0.3, -0.25) is 9.89 Å². The van der Waals surface area contributed by atoms with Gasteiger partial charge in [0, 0.05) is 6.20 Å². The molecule has 2 aromatic rings. The fourth-order valence-electron chi connectivity index (χ4n) is 1.53. The Hall–Kier alpha value is -2.37. The maximum atomic E-state index is 12.0. The minimum atomic E-state index is -0.289. The van der Waals surface area contributed by atoms with Gasteiger partial charge in [0.05, 0.1) is 22.6 Å². The molecule has 2 aromatic heterocycles. The van der Waals surface area contributed by atoms with Crippen molar-refractivity contribution in [2.24, 2.45) is 0 Å². The standard InChI is InChI=1S/C11H13N5O/c1-6-9(7(2)16-15-6)14-11(17)8-4-3-5-13-10(8)12/h3-5H,1-2H3,(H2,12,13)(H,14,17)(H,15,16). The first kappa shape index (κ1) is 11.1. The molecule has 0 radical (unpaired) electrons. The number of nitrogens with zero attached hydrogens (tertiary/aromatic N) is 2. The number of nitrogens with one attached hydrogen (secondary N) is 2. The first-order valence-corrected chi connectivity index (χ1v) is 5.13. The Kier molecular flexibility index (Phi) is 2.78. The lowest BCUT2D eigenvalue weighted by Crippen LogP contribution is -2.15. The number of carbonyl (C=O) groups is 1. The molecule has 0 saturated carbocycles. The number of hydrogen-bond donors (Lipinski definition) is 3. The van der Waals surface area contributed by atoms with E-state index >= 15 is 0 Å². The van der Waals surface area contributed by atoms with E-state index in [1.165, 1.54) is 0 Å². The number of H-pyrrole nitrogens is 1. The number of anilines is 2. The molecule has 2 heterocycles. The van der Waals surface area contributed by atoms with Gasteiger partial charge in [-0.05, 0) is 26.0 Å². The van der Waals surface area contributed by atoms with Gasteiger partial charge in [-0.1, -0.05) is 0 Å². The van der Waals surface area contributed by atoms with Gasteiger partial charge in [-0.25, -0.2) is 4.98 Å². The van der Waals surface area contributed by atoms with Crippen LogP contribution < -0.4 is 11.1 Å². The lowest BCUT2D eigenvalue weighted by Gasteiger charge is -2.06. The van der Waals surface area contributed by atoms with Crippen molar-refractivity contribution >= 4 is 17.4 Å². The molecule has 0 aliphatic heterocycles. The quantitative estimate of drug-likeness (QED) is 0.724. The molecule has 0 atom stereocenters. The van der Waals surface area contributed by atoms with Gasteiger partial charge in [0.1, 0.15) is 5.82 Å². The maximum Gasteiger partial charge on any atom is 0.259 e. The fraction of sp³-hybridized carbons (Fsp3) is 0.182. The second kappa shape index (κ2) is 4.25. The Labute approximate surface area is 98.3 Å². The van der Waals surface area contributed by atoms with Crippen molar-refractivity contribution in [3.63, 3.8) is 0 Å². The van der Waals surface area contributed by atoms with Crippen molar-refractivity contribution < 1.29 is 4.79 Å². The number of hydrogen-bond acceptors (Lipinski definition) is 4. The van der Waals surface area contributed by atoms with E-state index < -0.39 is 0 Å². The number of aryl methyl sites for hydroxylation is 2. The number of nitrogens with two attached hydrogens (primary N) is 1. The monoisotopic (exact) mass is 231 g/mol. The third-order valence-corrected chi connectivity index (χ3v) is 2.45. The minimum Gasteiger partial charge on any atom is -0.383 e. The van der Waals surface area contributed by atoms with Gasteiger partial charge in [0.25, 0.3) is 5.91 Å². The lowest BCUT2D eigenvalue weighted by molar-refractivity contribution is 0.102. The number of aromatic nitrogens is 3. The van der Waals surface area contributed by atoms with E-state index in [0.29, 0.717) is 11.3 Å². The molecule has 0 bridgehead atoms. The van der Waals surface area contributed by atoms with Crippen LogP contribution in [0.2, 0.25) is 0 Å². The SMILES string of the molecule is Cc1n[nH]c(C)c1NC(=O)c1cccnc1N. The van der Waals surface area contributed by atoms with Gasteiger partial charge in [0.15, 0.2) is 0 Å². The van der Waals surface area contributed by atoms with E-state index in [4.69, 9.17) is 5.73 Å². The van der Waals surface area contributed by atoms with Crippen LogP contribution in [0, 0.1) is 13.8 Å². The molecule has 88 valence electrons. The Morgan fingerprint density at radius 2 is 2.24 bits per heavy atom. The van der Waals surface area contributed by atoms with E-state index in [9.17, 15) is 4.79 Å². The molecule has 0 unspecified atom stereocenters. The van der Waals surface area contributed by atoms with E-state index in [1.54, 1.807) is 18.3 Å². The highest BCUT2D eigenvalue weighted by atomic mass is 16.1. The van der Waals surface area contributed by atoms with Crippen LogP contribution in [0.25, 0.3) is 0 Å². The molecule has 0 aromatic carbocycles. The summed E-state index contributed by atoms with van der Waals surface area (Å²) < 4.78 is 0. The summed E-state index contributed by atoms with van der Waals surface area (Å²) in [5.41, 5.74) is 8.20. The van der Waals surface area contributed by atoms with E-state index in [2.05, 4.69) is 20.5 Å². The molecule has 1 amide bonds. The molecule has 4 N–H and O–H groups in total. The van der Waals surface area contributed by atoms with Gasteiger partial charge < -0.3 is 11.1 Å². The smallest absolute Gasteiger partial charge is 0.259 e. The van der Waals surface area contributed by atoms with Crippen molar-refractivity contribution in [3.8, 4) is 0 Å². The third-order valence-electron chi connectivity index (χ3n) is 2.45. The first-order valence-electron chi connectivity index (χ1n) is 5.13. The van der Waals surface area contributed by atoms with Crippen LogP contribution in [-0.2, 0) is 0 Å². The number of amides is 1. The van der Waals surface area contributed by atoms with Crippen LogP contribution in [-0.4, -0.2) is 21.1 Å². The summed E-state index contributed by atoms with van der Waals surface area (Å²) in [6.07, 6.45) is 1.54. The predicted octanol–water partition coefficient (Wildman–Crippen LogP) is 1.26. The Balaban J connectivity index is 2.27. The Bertz CT molecular complexity index is 541. The van der Waals surface area contributed by atoms with Crippen molar-refractivity contribution in [2.45, 2.75) is 13.8 Å². The van der Waals surface area contributed by atoms with Crippen LogP contribution in [0.4, 0.5) is 11.5 Å². The van der Waals surface area contributed by atoms with Gasteiger partial charge >= 0.3 is 0 Å². The zero-order valence-corrected chi connectivity index (χ0v) is 9.61. The third kappa shape index (κ3) is 2.10. The summed E-state index contributed by atoms with van der Waals surface area (Å²) in [5.74, 6) is -0.0769. The summed E-state index contributed by atoms with van der Waals surface area (Å²) in [5, 5.41) is 9.56. The number of rotatable bonds is 2. The average molecular weight is 231 g/mol. The van der Waals surface area contributed by atoms with E-state index in [-0.39, 0.29) is 11.7 Å². The molecular weight excluding hydrogens is 218 g/mol. The van der Waals surface area contributed by atoms with Crippen LogP contribution in [0.15, 0.2) is 18.3 Å². The predicted molar refractivity (Wildman–Crippen MR) is 64.7 cm³/mol. The van der Waals surface area contributed by atoms with Crippen molar-refractivity contribution in [1.29, 1.82) is 0 Å². The van der Waals surface area contributed by atoms with Gasteiger partial charge in [-0.15, -0.1) is 0 Å². The fourth-order valence-corrected chi connectivity index (χ4v) is 1.53. The topological polar surface area (TPSA) is 96.7 Å². The molecule has 6 heteroatoms. The summed E-state index contributed by atoms with van der Waals surface area (Å²) in [4.78, 5) is 15.8. The van der Waals surface area contributed by atoms with Crippen LogP contribution >= 0.6 is 0 Å². The summed E-state index contributed by atoms with van der Waals surface area (Å²) in [7, 11) is 0. The molecule has 0 fully saturated rings. The summed E-state index contributed by atoms with van der Waals surface area (Å²) >= 11 is 0. The van der Waals surface area contributed by atoms with Crippen LogP contribution in [0.5, 0.6) is 0 Å². The Morgan fingerprint density at radius 1 is 1.47 bits per heavy atom. The maximum absolute atomic E-state index is 12.0. The second-order valence-corrected chi connectivity index (χ2v) is 3.70. The summed E-state index contributed by atoms with van der Waals surface area (Å²) in [6.45, 7) is 3.65. The van der Waals surface area contributed by atoms with Gasteiger partial charge in [0.2, 0.25) is 0 Å². The average Bonchev–Trinajstić information content (AvgIpc) is 2.61. The zero-order valence-electron chi connectivity index (χ0n) is 9.61. The highest BCUT2D eigenvalue weighted by molar-refractivity contribution is 6.07. The molecule has 6 nitrogen and oxygen atoms in total. The largest absolute Gasteiger partial charge is 0.383 e. The highest BCUT2D eigenvalue weighted by Crippen LogP contribution is 2.18. The van der Waals surface area contributed by atoms with E-state index in [1.807, 2.05) is 13.8 Å². The van der Waals surface area contributed by atoms with Crippen molar-refractivity contribution in [2.75, 3.05) is 11.1 Å². The number of aromatic amines is 1. The molecule has 0 spiro atoms. The molecular formula is C11H13N5O. The van der Waals surface area contributed by atoms with Crippen LogP contribution in [0.1, 0.15) is 21.7 Å². The minimum absolute atomic E-state index is 0.212. The number of carbonyl (C=O) groups excluding carboxylic acids is 1. The first-order chi connectivity index (χ1) is 8.09. The zero-order chi connectivity index (χ0) is 12.4. The van der Waals surface area contributed by atoms with Crippen LogP contribution in [0.3, 0.4) is 0 Å². The molecule has 2 rings (SSSR count). The molecule has 0 saturated heterocycles. The summed E-state index contributed by atoms with van der Waals surface area (Å²) in [6, 6.07) is 3.29. The molecule has 0 aliphatic rings. The molecule has 0 aliphatic carbocycles.